The second-order valence-electron chi connectivity index (χ2n) is 19.4. The van der Waals surface area contributed by atoms with Crippen molar-refractivity contribution in [1.82, 2.24) is 30.4 Å². The van der Waals surface area contributed by atoms with Crippen LogP contribution in [-0.4, -0.2) is 105 Å². The van der Waals surface area contributed by atoms with E-state index < -0.39 is 40.8 Å². The third-order valence-corrected chi connectivity index (χ3v) is 14.5. The first kappa shape index (κ1) is 46.2. The van der Waals surface area contributed by atoms with Gasteiger partial charge in [-0.15, -0.1) is 11.3 Å². The first-order valence-corrected chi connectivity index (χ1v) is 23.6. The second kappa shape index (κ2) is 18.1. The number of nitriles is 1. The SMILES string of the molecule is CCc1cc2c(cc1N1CCN(C(=O)CCC(=O)N[C@H](C(=O)N3C[C@H](O)CC3C(=O)NCc3ccc(-c4scnc4C)cc3)C(C)(C)C)CC1)C(C)(C)c1[nH]c3cc(C#N)ccc3c1C2=O. The Morgan fingerprint density at radius 2 is 1.76 bits per heavy atom. The Hall–Kier alpha value is -6.37. The normalized spacial score (nSPS) is 18.4. The Bertz CT molecular complexity index is 2770. The molecule has 14 nitrogen and oxygen atoms in total. The van der Waals surface area contributed by atoms with E-state index in [0.717, 1.165) is 55.1 Å². The van der Waals surface area contributed by atoms with Crippen molar-refractivity contribution in [1.29, 1.82) is 5.26 Å². The number of piperazine rings is 1. The van der Waals surface area contributed by atoms with Crippen molar-refractivity contribution < 1.29 is 29.1 Å². The summed E-state index contributed by atoms with van der Waals surface area (Å²) in [7, 11) is 0. The van der Waals surface area contributed by atoms with E-state index in [-0.39, 0.29) is 49.9 Å². The summed E-state index contributed by atoms with van der Waals surface area (Å²) in [5.41, 5.74) is 9.89. The average molecular weight is 911 g/mol. The minimum absolute atomic E-state index is 0.0345. The number of aliphatic hydroxyl groups is 1. The van der Waals surface area contributed by atoms with Crippen molar-refractivity contribution in [2.75, 3.05) is 37.6 Å². The van der Waals surface area contributed by atoms with E-state index in [1.165, 1.54) is 4.90 Å². The summed E-state index contributed by atoms with van der Waals surface area (Å²) in [4.78, 5) is 83.2. The number of hydrogen-bond donors (Lipinski definition) is 4. The zero-order valence-corrected chi connectivity index (χ0v) is 39.5. The predicted molar refractivity (Wildman–Crippen MR) is 254 cm³/mol. The van der Waals surface area contributed by atoms with Crippen LogP contribution in [0.15, 0.2) is 60.1 Å². The number of β-amino-alcohol motifs (C(OH)–C–C–N with tert-alkyl or cyclic N) is 1. The van der Waals surface area contributed by atoms with Crippen LogP contribution in [0.25, 0.3) is 21.3 Å². The number of fused-ring (bicyclic) bond motifs is 4. The molecule has 4 heterocycles. The summed E-state index contributed by atoms with van der Waals surface area (Å²) >= 11 is 1.57. The third kappa shape index (κ3) is 8.84. The molecule has 2 fully saturated rings. The molecule has 0 saturated carbocycles. The number of nitrogens with zero attached hydrogens (tertiary/aromatic N) is 5. The van der Waals surface area contributed by atoms with Crippen LogP contribution in [0.1, 0.15) is 110 Å². The second-order valence-corrected chi connectivity index (χ2v) is 20.2. The first-order chi connectivity index (χ1) is 31.4. The quantitative estimate of drug-likeness (QED) is 0.121. The van der Waals surface area contributed by atoms with Gasteiger partial charge in [0.1, 0.15) is 12.1 Å². The van der Waals surface area contributed by atoms with Crippen molar-refractivity contribution in [3.05, 3.63) is 105 Å². The van der Waals surface area contributed by atoms with Crippen LogP contribution in [0.5, 0.6) is 0 Å². The van der Waals surface area contributed by atoms with Crippen molar-refractivity contribution in [3.63, 3.8) is 0 Å². The van der Waals surface area contributed by atoms with E-state index in [2.05, 4.69) is 58.4 Å². The van der Waals surface area contributed by atoms with Gasteiger partial charge in [0.25, 0.3) is 0 Å². The highest BCUT2D eigenvalue weighted by Gasteiger charge is 2.45. The highest BCUT2D eigenvalue weighted by atomic mass is 32.1. The molecule has 3 aliphatic rings. The number of carbonyl (C=O) groups is 5. The van der Waals surface area contributed by atoms with Gasteiger partial charge < -0.3 is 35.4 Å². The number of likely N-dealkylation sites (tertiary alicyclic amines) is 1. The monoisotopic (exact) mass is 910 g/mol. The maximum Gasteiger partial charge on any atom is 0.246 e. The topological polar surface area (TPSA) is 192 Å². The molecule has 4 amide bonds. The summed E-state index contributed by atoms with van der Waals surface area (Å²) in [5.74, 6) is -1.49. The molecule has 3 atom stereocenters. The number of aromatic nitrogens is 2. The number of benzene rings is 3. The van der Waals surface area contributed by atoms with Gasteiger partial charge in [-0.1, -0.05) is 71.9 Å². The number of hydrogen-bond acceptors (Lipinski definition) is 10. The molecule has 2 aromatic heterocycles. The summed E-state index contributed by atoms with van der Waals surface area (Å²) in [5, 5.41) is 26.8. The molecule has 0 radical (unpaired) electrons. The lowest BCUT2D eigenvalue weighted by Gasteiger charge is -2.39. The number of aromatic amines is 1. The van der Waals surface area contributed by atoms with Gasteiger partial charge in [0.15, 0.2) is 5.78 Å². The number of nitrogens with one attached hydrogen (secondary N) is 3. The molecule has 2 saturated heterocycles. The number of aryl methyl sites for hydroxylation is 2. The number of ketones is 1. The Morgan fingerprint density at radius 3 is 2.41 bits per heavy atom. The molecule has 0 spiro atoms. The number of carbonyl (C=O) groups excluding carboxylic acids is 5. The third-order valence-electron chi connectivity index (χ3n) is 13.5. The molecular formula is C51H58N8O6S. The van der Waals surface area contributed by atoms with E-state index in [0.29, 0.717) is 49.3 Å². The number of anilines is 1. The molecule has 15 heteroatoms. The van der Waals surface area contributed by atoms with Crippen LogP contribution in [-0.2, 0) is 37.6 Å². The number of rotatable bonds is 11. The molecule has 5 aromatic rings. The van der Waals surface area contributed by atoms with Gasteiger partial charge in [0.2, 0.25) is 23.6 Å². The number of thiazole rings is 1. The number of H-pyrrole nitrogens is 1. The molecule has 0 bridgehead atoms. The Morgan fingerprint density at radius 1 is 1.03 bits per heavy atom. The lowest BCUT2D eigenvalue weighted by Crippen LogP contribution is -2.57. The molecule has 3 aromatic carbocycles. The molecule has 8 rings (SSSR count). The van der Waals surface area contributed by atoms with E-state index >= 15 is 0 Å². The fraction of sp³-hybridized carbons (Fsp3) is 0.431. The van der Waals surface area contributed by atoms with Crippen molar-refractivity contribution in [2.45, 2.75) is 104 Å². The molecular weight excluding hydrogens is 853 g/mol. The predicted octanol–water partition coefficient (Wildman–Crippen LogP) is 6.14. The standard InChI is InChI=1S/C51H58N8O6S/c1-8-32-22-36-37(51(6,7)46-43(44(36)63)35-14-11-31(25-52)21-38(35)55-46)24-39(32)57-17-19-58(20-18-57)42(62)16-15-41(61)56-47(50(3,4)5)49(65)59-27-34(60)23-40(59)48(64)53-26-30-9-12-33(13-10-30)45-29(2)54-28-66-45/h9-14,21-22,24,28,34,40,47,55,60H,8,15-20,23,26-27H2,1-7H3,(H,53,64)(H,56,61)/t34-,40?,47-/m1/s1. The minimum atomic E-state index is -1.00. The van der Waals surface area contributed by atoms with Gasteiger partial charge >= 0.3 is 0 Å². The van der Waals surface area contributed by atoms with E-state index in [1.807, 2.05) is 69.6 Å². The minimum Gasteiger partial charge on any atom is -0.391 e. The van der Waals surface area contributed by atoms with Gasteiger partial charge in [-0.2, -0.15) is 5.26 Å². The molecule has 66 heavy (non-hydrogen) atoms. The summed E-state index contributed by atoms with van der Waals surface area (Å²) in [6, 6.07) is 17.7. The van der Waals surface area contributed by atoms with Crippen molar-refractivity contribution in [3.8, 4) is 16.5 Å². The van der Waals surface area contributed by atoms with Crippen LogP contribution >= 0.6 is 11.3 Å². The van der Waals surface area contributed by atoms with Gasteiger partial charge in [-0.05, 0) is 65.3 Å². The van der Waals surface area contributed by atoms with E-state index in [1.54, 1.807) is 28.4 Å². The Labute approximate surface area is 389 Å². The van der Waals surface area contributed by atoms with Crippen LogP contribution in [0.4, 0.5) is 5.69 Å². The van der Waals surface area contributed by atoms with Crippen LogP contribution in [0, 0.1) is 23.7 Å². The highest BCUT2D eigenvalue weighted by Crippen LogP contribution is 2.46. The van der Waals surface area contributed by atoms with Crippen LogP contribution in [0.3, 0.4) is 0 Å². The first-order valence-electron chi connectivity index (χ1n) is 22.8. The van der Waals surface area contributed by atoms with Gasteiger partial charge in [0, 0.05) is 91.8 Å². The van der Waals surface area contributed by atoms with Gasteiger partial charge in [0.05, 0.1) is 39.4 Å². The lowest BCUT2D eigenvalue weighted by atomic mass is 9.70. The maximum atomic E-state index is 14.2. The van der Waals surface area contributed by atoms with E-state index in [4.69, 9.17) is 0 Å². The highest BCUT2D eigenvalue weighted by molar-refractivity contribution is 7.13. The number of aliphatic hydroxyl groups excluding tert-OH is 1. The fourth-order valence-corrected chi connectivity index (χ4v) is 10.6. The van der Waals surface area contributed by atoms with Gasteiger partial charge in [-0.25, -0.2) is 4.98 Å². The lowest BCUT2D eigenvalue weighted by molar-refractivity contribution is -0.144. The molecule has 344 valence electrons. The zero-order chi connectivity index (χ0) is 47.2. The Balaban J connectivity index is 0.866. The van der Waals surface area contributed by atoms with Crippen LogP contribution < -0.4 is 15.5 Å². The zero-order valence-electron chi connectivity index (χ0n) is 38.7. The summed E-state index contributed by atoms with van der Waals surface area (Å²) in [6.45, 7) is 16.0. The van der Waals surface area contributed by atoms with Crippen LogP contribution in [0.2, 0.25) is 0 Å². The molecule has 1 unspecified atom stereocenters. The fourth-order valence-electron chi connectivity index (χ4n) is 9.75. The molecule has 2 aliphatic heterocycles. The number of amides is 4. The summed E-state index contributed by atoms with van der Waals surface area (Å²) < 4.78 is 0. The maximum absolute atomic E-state index is 14.2. The van der Waals surface area contributed by atoms with Crippen molar-refractivity contribution in [2.24, 2.45) is 5.41 Å². The van der Waals surface area contributed by atoms with Crippen molar-refractivity contribution >= 4 is 57.3 Å². The smallest absolute Gasteiger partial charge is 0.246 e. The molecule has 1 aliphatic carbocycles. The summed E-state index contributed by atoms with van der Waals surface area (Å²) in [6.07, 6.45) is -0.256. The Kier molecular flexibility index (Phi) is 12.7. The largest absolute Gasteiger partial charge is 0.391 e. The van der Waals surface area contributed by atoms with E-state index in [9.17, 15) is 34.3 Å². The van der Waals surface area contributed by atoms with Gasteiger partial charge in [-0.3, -0.25) is 24.0 Å². The molecule has 4 N–H and O–H groups in total. The average Bonchev–Trinajstić information content (AvgIpc) is 4.04.